The van der Waals surface area contributed by atoms with Crippen LogP contribution in [-0.2, 0) is 6.42 Å². The van der Waals surface area contributed by atoms with Gasteiger partial charge in [0.1, 0.15) is 18.5 Å². The van der Waals surface area contributed by atoms with Gasteiger partial charge in [-0.2, -0.15) is 5.10 Å². The number of hydrogen-bond donors (Lipinski definition) is 3. The lowest BCUT2D eigenvalue weighted by atomic mass is 10.0. The van der Waals surface area contributed by atoms with Gasteiger partial charge in [-0.05, 0) is 62.5 Å². The maximum atomic E-state index is 12.6. The molecule has 7 heteroatoms. The maximum Gasteiger partial charge on any atom is 0.255 e. The number of benzene rings is 2. The molecule has 148 valence electrons. The summed E-state index contributed by atoms with van der Waals surface area (Å²) in [4.78, 5) is 14.5. The Bertz CT molecular complexity index is 934. The van der Waals surface area contributed by atoms with Crippen molar-refractivity contribution in [2.24, 2.45) is 0 Å². The summed E-state index contributed by atoms with van der Waals surface area (Å²) >= 11 is 0. The molecule has 1 aromatic heterocycles. The lowest BCUT2D eigenvalue weighted by Crippen LogP contribution is -2.30. The number of amides is 1. The Kier molecular flexibility index (Phi) is 6.28. The topological polar surface area (TPSA) is 90.5 Å². The molecule has 0 fully saturated rings. The molecule has 0 aliphatic carbocycles. The van der Waals surface area contributed by atoms with E-state index in [-0.39, 0.29) is 12.5 Å². The van der Waals surface area contributed by atoms with Crippen molar-refractivity contribution in [2.75, 3.05) is 32.6 Å². The van der Waals surface area contributed by atoms with Crippen LogP contribution < -0.4 is 10.1 Å². The summed E-state index contributed by atoms with van der Waals surface area (Å²) in [6.45, 7) is 2.80. The first kappa shape index (κ1) is 19.9. The molecule has 3 aromatic rings. The minimum absolute atomic E-state index is 0.173. The quantitative estimate of drug-likeness (QED) is 0.557. The number of fused-ring (bicyclic) bond motifs is 1. The van der Waals surface area contributed by atoms with Gasteiger partial charge in [-0.25, -0.2) is 0 Å². The monoisotopic (exact) mass is 382 g/mol. The fraction of sp³-hybridized carbons (Fsp3) is 0.333. The number of carbonyl (C=O) groups is 1. The van der Waals surface area contributed by atoms with Gasteiger partial charge in [-0.1, -0.05) is 6.92 Å². The number of H-pyrrole nitrogens is 1. The van der Waals surface area contributed by atoms with Crippen molar-refractivity contribution < 1.29 is 14.6 Å². The number of aromatic amines is 1. The summed E-state index contributed by atoms with van der Waals surface area (Å²) in [5, 5.41) is 20.7. The van der Waals surface area contributed by atoms with Crippen LogP contribution in [0.5, 0.6) is 5.75 Å². The zero-order valence-corrected chi connectivity index (χ0v) is 16.4. The zero-order valence-electron chi connectivity index (χ0n) is 16.4. The van der Waals surface area contributed by atoms with Gasteiger partial charge in [-0.15, -0.1) is 0 Å². The van der Waals surface area contributed by atoms with Gasteiger partial charge >= 0.3 is 0 Å². The zero-order chi connectivity index (χ0) is 20.1. The van der Waals surface area contributed by atoms with E-state index in [0.29, 0.717) is 23.5 Å². The molecule has 1 amide bonds. The molecule has 2 aromatic carbocycles. The third-order valence-corrected chi connectivity index (χ3v) is 4.40. The fourth-order valence-corrected chi connectivity index (χ4v) is 3.05. The number of anilines is 1. The van der Waals surface area contributed by atoms with Gasteiger partial charge in [0, 0.05) is 23.2 Å². The number of hydrogen-bond acceptors (Lipinski definition) is 5. The largest absolute Gasteiger partial charge is 0.491 e. The Hall–Kier alpha value is -2.90. The van der Waals surface area contributed by atoms with Crippen LogP contribution in [0.3, 0.4) is 0 Å². The molecule has 0 radical (unpaired) electrons. The van der Waals surface area contributed by atoms with Crippen molar-refractivity contribution in [3.05, 3.63) is 53.7 Å². The molecule has 1 unspecified atom stereocenters. The van der Waals surface area contributed by atoms with Gasteiger partial charge in [0.25, 0.3) is 5.91 Å². The molecular formula is C21H26N4O3. The molecule has 3 N–H and O–H groups in total. The number of carbonyl (C=O) groups excluding carboxylic acids is 1. The van der Waals surface area contributed by atoms with E-state index in [1.54, 1.807) is 30.5 Å². The Labute approximate surface area is 164 Å². The van der Waals surface area contributed by atoms with Gasteiger partial charge < -0.3 is 20.1 Å². The van der Waals surface area contributed by atoms with Gasteiger partial charge in [0.15, 0.2) is 0 Å². The summed E-state index contributed by atoms with van der Waals surface area (Å²) in [6.07, 6.45) is 1.98. The molecule has 7 nitrogen and oxygen atoms in total. The molecule has 0 aliphatic rings. The Morgan fingerprint density at radius 3 is 2.71 bits per heavy atom. The van der Waals surface area contributed by atoms with Crippen molar-refractivity contribution in [1.82, 2.24) is 15.1 Å². The molecule has 0 saturated heterocycles. The number of likely N-dealkylation sites (N-methyl/N-ethyl adjacent to an activating group) is 1. The second-order valence-corrected chi connectivity index (χ2v) is 7.03. The van der Waals surface area contributed by atoms with Gasteiger partial charge in [-0.3, -0.25) is 9.89 Å². The van der Waals surface area contributed by atoms with E-state index in [9.17, 15) is 9.90 Å². The second kappa shape index (κ2) is 8.86. The number of aromatic nitrogens is 2. The molecule has 1 heterocycles. The van der Waals surface area contributed by atoms with E-state index >= 15 is 0 Å². The average Bonchev–Trinajstić information content (AvgIpc) is 3.15. The third kappa shape index (κ3) is 4.88. The van der Waals surface area contributed by atoms with Crippen molar-refractivity contribution in [3.63, 3.8) is 0 Å². The van der Waals surface area contributed by atoms with Crippen LogP contribution >= 0.6 is 0 Å². The Morgan fingerprint density at radius 1 is 1.29 bits per heavy atom. The summed E-state index contributed by atoms with van der Waals surface area (Å²) < 4.78 is 5.58. The Morgan fingerprint density at radius 2 is 2.04 bits per heavy atom. The standard InChI is InChI=1S/C21H26N4O3/c1-4-14-9-15(10-16-11-22-24-20(14)16)21(27)23-17-5-7-19(8-6-17)28-13-18(26)12-25(2)3/h5-11,18,26H,4,12-13H2,1-3H3,(H,22,24)(H,23,27). The van der Waals surface area contributed by atoms with E-state index in [0.717, 1.165) is 22.9 Å². The van der Waals surface area contributed by atoms with Crippen molar-refractivity contribution in [1.29, 1.82) is 0 Å². The lowest BCUT2D eigenvalue weighted by Gasteiger charge is -2.16. The number of aliphatic hydroxyl groups excluding tert-OH is 1. The number of aryl methyl sites for hydroxylation is 1. The maximum absolute atomic E-state index is 12.6. The normalized spacial score (nSPS) is 12.3. The summed E-state index contributed by atoms with van der Waals surface area (Å²) in [5.74, 6) is 0.469. The van der Waals surface area contributed by atoms with Gasteiger partial charge in [0.05, 0.1) is 11.7 Å². The minimum atomic E-state index is -0.556. The highest BCUT2D eigenvalue weighted by Crippen LogP contribution is 2.21. The number of nitrogens with one attached hydrogen (secondary N) is 2. The number of nitrogens with zero attached hydrogens (tertiary/aromatic N) is 2. The third-order valence-electron chi connectivity index (χ3n) is 4.40. The van der Waals surface area contributed by atoms with Crippen molar-refractivity contribution in [2.45, 2.75) is 19.4 Å². The van der Waals surface area contributed by atoms with Crippen LogP contribution in [0.25, 0.3) is 10.9 Å². The first-order chi connectivity index (χ1) is 13.5. The summed E-state index contributed by atoms with van der Waals surface area (Å²) in [6, 6.07) is 10.8. The molecule has 0 spiro atoms. The highest BCUT2D eigenvalue weighted by atomic mass is 16.5. The average molecular weight is 382 g/mol. The molecule has 0 bridgehead atoms. The number of aliphatic hydroxyl groups is 1. The highest BCUT2D eigenvalue weighted by Gasteiger charge is 2.12. The predicted molar refractivity (Wildman–Crippen MR) is 110 cm³/mol. The van der Waals surface area contributed by atoms with Crippen LogP contribution in [0.1, 0.15) is 22.8 Å². The highest BCUT2D eigenvalue weighted by molar-refractivity contribution is 6.06. The molecule has 3 rings (SSSR count). The summed E-state index contributed by atoms with van der Waals surface area (Å²) in [5.41, 5.74) is 3.30. The van der Waals surface area contributed by atoms with E-state index < -0.39 is 6.10 Å². The van der Waals surface area contributed by atoms with Crippen LogP contribution in [-0.4, -0.2) is 59.5 Å². The smallest absolute Gasteiger partial charge is 0.255 e. The molecular weight excluding hydrogens is 356 g/mol. The van der Waals surface area contributed by atoms with E-state index in [1.165, 1.54) is 0 Å². The second-order valence-electron chi connectivity index (χ2n) is 7.03. The van der Waals surface area contributed by atoms with E-state index in [4.69, 9.17) is 4.74 Å². The predicted octanol–water partition coefficient (Wildman–Crippen LogP) is 2.68. The molecule has 1 atom stereocenters. The number of rotatable bonds is 8. The SMILES string of the molecule is CCc1cc(C(=O)Nc2ccc(OCC(O)CN(C)C)cc2)cc2cn[nH]c12. The lowest BCUT2D eigenvalue weighted by molar-refractivity contribution is 0.0831. The first-order valence-corrected chi connectivity index (χ1v) is 9.29. The van der Waals surface area contributed by atoms with Crippen LogP contribution in [0.15, 0.2) is 42.6 Å². The minimum Gasteiger partial charge on any atom is -0.491 e. The van der Waals surface area contributed by atoms with Crippen LogP contribution in [0.4, 0.5) is 5.69 Å². The van der Waals surface area contributed by atoms with E-state index in [1.807, 2.05) is 38.1 Å². The van der Waals surface area contributed by atoms with Crippen LogP contribution in [0, 0.1) is 0 Å². The molecule has 0 aliphatic heterocycles. The first-order valence-electron chi connectivity index (χ1n) is 9.29. The summed E-state index contributed by atoms with van der Waals surface area (Å²) in [7, 11) is 3.79. The Balaban J connectivity index is 1.63. The molecule has 28 heavy (non-hydrogen) atoms. The van der Waals surface area contributed by atoms with Crippen LogP contribution in [0.2, 0.25) is 0 Å². The van der Waals surface area contributed by atoms with Crippen molar-refractivity contribution in [3.8, 4) is 5.75 Å². The fourth-order valence-electron chi connectivity index (χ4n) is 3.05. The van der Waals surface area contributed by atoms with Gasteiger partial charge in [0.2, 0.25) is 0 Å². The van der Waals surface area contributed by atoms with E-state index in [2.05, 4.69) is 15.5 Å². The number of ether oxygens (including phenoxy) is 1. The molecule has 0 saturated carbocycles. The van der Waals surface area contributed by atoms with Crippen molar-refractivity contribution >= 4 is 22.5 Å².